The zero-order chi connectivity index (χ0) is 15.7. The van der Waals surface area contributed by atoms with Crippen LogP contribution in [0.4, 0.5) is 0 Å². The second-order valence-corrected chi connectivity index (χ2v) is 8.75. The molecule has 0 spiro atoms. The first kappa shape index (κ1) is 18.7. The number of rotatable bonds is 10. The van der Waals surface area contributed by atoms with Crippen LogP contribution in [0.1, 0.15) is 31.7 Å². The zero-order valence-corrected chi connectivity index (χ0v) is 15.3. The first-order valence-corrected chi connectivity index (χ1v) is 10.4. The molecule has 5 heteroatoms. The minimum atomic E-state index is -2.86. The van der Waals surface area contributed by atoms with Crippen LogP contribution in [0.2, 0.25) is 0 Å². The van der Waals surface area contributed by atoms with E-state index in [9.17, 15) is 8.42 Å². The quantitative estimate of drug-likeness (QED) is 0.637. The molecule has 1 N–H and O–H groups in total. The van der Waals surface area contributed by atoms with Crippen molar-refractivity contribution >= 4 is 25.8 Å². The van der Waals surface area contributed by atoms with Crippen molar-refractivity contribution in [2.24, 2.45) is 5.92 Å². The Hall–Kier alpha value is -0.390. The SMILES string of the molecule is CCCNCC(CCCS(C)(=O)=O)Cc1ccccc1Br. The fourth-order valence-corrected chi connectivity index (χ4v) is 3.51. The molecule has 0 aromatic heterocycles. The topological polar surface area (TPSA) is 46.2 Å². The number of nitrogens with one attached hydrogen (secondary N) is 1. The largest absolute Gasteiger partial charge is 0.316 e. The lowest BCUT2D eigenvalue weighted by molar-refractivity contribution is 0.438. The minimum Gasteiger partial charge on any atom is -0.316 e. The summed E-state index contributed by atoms with van der Waals surface area (Å²) < 4.78 is 23.7. The van der Waals surface area contributed by atoms with E-state index in [1.54, 1.807) is 0 Å². The predicted molar refractivity (Wildman–Crippen MR) is 93.4 cm³/mol. The van der Waals surface area contributed by atoms with E-state index in [4.69, 9.17) is 0 Å². The smallest absolute Gasteiger partial charge is 0.147 e. The van der Waals surface area contributed by atoms with Gasteiger partial charge >= 0.3 is 0 Å². The average Bonchev–Trinajstić information content (AvgIpc) is 2.40. The second-order valence-electron chi connectivity index (χ2n) is 5.64. The molecule has 0 bridgehead atoms. The molecule has 0 amide bonds. The van der Waals surface area contributed by atoms with Gasteiger partial charge in [-0.3, -0.25) is 0 Å². The van der Waals surface area contributed by atoms with Gasteiger partial charge in [-0.1, -0.05) is 41.1 Å². The highest BCUT2D eigenvalue weighted by molar-refractivity contribution is 9.10. The van der Waals surface area contributed by atoms with Crippen molar-refractivity contribution in [3.63, 3.8) is 0 Å². The molecule has 0 aliphatic heterocycles. The van der Waals surface area contributed by atoms with Gasteiger partial charge in [0.05, 0.1) is 0 Å². The Morgan fingerprint density at radius 3 is 2.62 bits per heavy atom. The van der Waals surface area contributed by atoms with Gasteiger partial charge in [-0.15, -0.1) is 0 Å². The summed E-state index contributed by atoms with van der Waals surface area (Å²) in [4.78, 5) is 0. The second kappa shape index (κ2) is 9.59. The van der Waals surface area contributed by atoms with Crippen molar-refractivity contribution in [2.45, 2.75) is 32.6 Å². The van der Waals surface area contributed by atoms with Crippen molar-refractivity contribution in [2.75, 3.05) is 25.1 Å². The number of sulfone groups is 1. The van der Waals surface area contributed by atoms with Crippen molar-refractivity contribution in [1.82, 2.24) is 5.32 Å². The van der Waals surface area contributed by atoms with Gasteiger partial charge in [-0.2, -0.15) is 0 Å². The standard InChI is InChI=1S/C16H26BrNO2S/c1-3-10-18-13-14(7-6-11-21(2,19)20)12-15-8-4-5-9-16(15)17/h4-5,8-9,14,18H,3,6-7,10-13H2,1-2H3. The van der Waals surface area contributed by atoms with Crippen LogP contribution in [0.15, 0.2) is 28.7 Å². The number of hydrogen-bond donors (Lipinski definition) is 1. The van der Waals surface area contributed by atoms with Gasteiger partial charge in [0, 0.05) is 16.5 Å². The van der Waals surface area contributed by atoms with Crippen molar-refractivity contribution in [1.29, 1.82) is 0 Å². The van der Waals surface area contributed by atoms with Crippen LogP contribution >= 0.6 is 15.9 Å². The molecule has 1 rings (SSSR count). The summed E-state index contributed by atoms with van der Waals surface area (Å²) in [6, 6.07) is 8.25. The van der Waals surface area contributed by atoms with Gasteiger partial charge in [0.1, 0.15) is 9.84 Å². The van der Waals surface area contributed by atoms with Crippen molar-refractivity contribution in [3.05, 3.63) is 34.3 Å². The molecule has 0 saturated heterocycles. The first-order valence-electron chi connectivity index (χ1n) is 7.54. The van der Waals surface area contributed by atoms with E-state index in [-0.39, 0.29) is 5.75 Å². The van der Waals surface area contributed by atoms with Crippen LogP contribution in [0.3, 0.4) is 0 Å². The lowest BCUT2D eigenvalue weighted by atomic mass is 9.95. The summed E-state index contributed by atoms with van der Waals surface area (Å²) in [6.45, 7) is 4.11. The van der Waals surface area contributed by atoms with E-state index in [0.717, 1.165) is 43.2 Å². The number of benzene rings is 1. The molecule has 1 aromatic carbocycles. The van der Waals surface area contributed by atoms with Crippen LogP contribution < -0.4 is 5.32 Å². The molecule has 3 nitrogen and oxygen atoms in total. The van der Waals surface area contributed by atoms with Crippen LogP contribution in [-0.4, -0.2) is 33.5 Å². The van der Waals surface area contributed by atoms with E-state index in [1.165, 1.54) is 11.8 Å². The molecule has 0 heterocycles. The predicted octanol–water partition coefficient (Wildman–Crippen LogP) is 3.43. The Kier molecular flexibility index (Phi) is 8.52. The van der Waals surface area contributed by atoms with Crippen LogP contribution in [-0.2, 0) is 16.3 Å². The summed E-state index contributed by atoms with van der Waals surface area (Å²) in [5.41, 5.74) is 1.29. The summed E-state index contributed by atoms with van der Waals surface area (Å²) in [5.74, 6) is 0.754. The lowest BCUT2D eigenvalue weighted by Gasteiger charge is -2.18. The highest BCUT2D eigenvalue weighted by Crippen LogP contribution is 2.21. The van der Waals surface area contributed by atoms with Gasteiger partial charge in [0.25, 0.3) is 0 Å². The highest BCUT2D eigenvalue weighted by atomic mass is 79.9. The monoisotopic (exact) mass is 375 g/mol. The number of halogens is 1. The van der Waals surface area contributed by atoms with E-state index in [1.807, 2.05) is 12.1 Å². The third-order valence-corrected chi connectivity index (χ3v) is 5.26. The zero-order valence-electron chi connectivity index (χ0n) is 12.9. The van der Waals surface area contributed by atoms with E-state index in [0.29, 0.717) is 5.92 Å². The Morgan fingerprint density at radius 2 is 2.00 bits per heavy atom. The normalized spacial score (nSPS) is 13.3. The summed E-state index contributed by atoms with van der Waals surface area (Å²) in [5, 5.41) is 3.46. The Balaban J connectivity index is 2.57. The average molecular weight is 376 g/mol. The lowest BCUT2D eigenvalue weighted by Crippen LogP contribution is -2.25. The summed E-state index contributed by atoms with van der Waals surface area (Å²) in [6.07, 6.45) is 5.07. The first-order chi connectivity index (χ1) is 9.92. The fourth-order valence-electron chi connectivity index (χ4n) is 2.37. The molecule has 0 aliphatic rings. The third-order valence-electron chi connectivity index (χ3n) is 3.45. The highest BCUT2D eigenvalue weighted by Gasteiger charge is 2.13. The van der Waals surface area contributed by atoms with Gasteiger partial charge < -0.3 is 5.32 Å². The Bertz CT molecular complexity index is 517. The van der Waals surface area contributed by atoms with Crippen LogP contribution in [0.25, 0.3) is 0 Å². The molecule has 0 saturated carbocycles. The van der Waals surface area contributed by atoms with Gasteiger partial charge in [0.15, 0.2) is 0 Å². The molecule has 0 radical (unpaired) electrons. The van der Waals surface area contributed by atoms with Gasteiger partial charge in [-0.05, 0) is 56.3 Å². The molecular weight excluding hydrogens is 350 g/mol. The molecule has 1 atom stereocenters. The molecule has 21 heavy (non-hydrogen) atoms. The molecular formula is C16H26BrNO2S. The minimum absolute atomic E-state index is 0.285. The fraction of sp³-hybridized carbons (Fsp3) is 0.625. The molecule has 0 fully saturated rings. The molecule has 0 aliphatic carbocycles. The van der Waals surface area contributed by atoms with Crippen LogP contribution in [0.5, 0.6) is 0 Å². The molecule has 1 unspecified atom stereocenters. The molecule has 120 valence electrons. The maximum atomic E-state index is 11.3. The summed E-state index contributed by atoms with van der Waals surface area (Å²) in [7, 11) is -2.86. The Labute approximate surface area is 137 Å². The number of hydrogen-bond acceptors (Lipinski definition) is 3. The summed E-state index contributed by atoms with van der Waals surface area (Å²) >= 11 is 3.59. The Morgan fingerprint density at radius 1 is 1.29 bits per heavy atom. The van der Waals surface area contributed by atoms with E-state index in [2.05, 4.69) is 40.3 Å². The van der Waals surface area contributed by atoms with Gasteiger partial charge in [0.2, 0.25) is 0 Å². The van der Waals surface area contributed by atoms with E-state index >= 15 is 0 Å². The van der Waals surface area contributed by atoms with Crippen LogP contribution in [0, 0.1) is 5.92 Å². The van der Waals surface area contributed by atoms with Crippen molar-refractivity contribution < 1.29 is 8.42 Å². The van der Waals surface area contributed by atoms with E-state index < -0.39 is 9.84 Å². The maximum Gasteiger partial charge on any atom is 0.147 e. The van der Waals surface area contributed by atoms with Crippen molar-refractivity contribution in [3.8, 4) is 0 Å². The van der Waals surface area contributed by atoms with Gasteiger partial charge in [-0.25, -0.2) is 8.42 Å². The molecule has 1 aromatic rings. The third kappa shape index (κ3) is 8.59. The maximum absolute atomic E-state index is 11.3.